The van der Waals surface area contributed by atoms with Crippen LogP contribution in [-0.2, 0) is 9.59 Å². The zero-order chi connectivity index (χ0) is 22.0. The highest BCUT2D eigenvalue weighted by atomic mass is 16.3. The molecule has 1 fully saturated rings. The number of carbonyl (C=O) groups is 2. The SMILES string of the molecule is CC(C)c1ccc(C2NC(=O)C(C(=O)Nc3ccc(C4CCCCC4)cc3)=C2O)cc1. The fourth-order valence-corrected chi connectivity index (χ4v) is 4.53. The van der Waals surface area contributed by atoms with Crippen LogP contribution in [-0.4, -0.2) is 16.9 Å². The fourth-order valence-electron chi connectivity index (χ4n) is 4.53. The molecule has 4 rings (SSSR count). The monoisotopic (exact) mass is 418 g/mol. The van der Waals surface area contributed by atoms with E-state index in [-0.39, 0.29) is 11.3 Å². The van der Waals surface area contributed by atoms with Gasteiger partial charge in [-0.15, -0.1) is 0 Å². The van der Waals surface area contributed by atoms with Crippen molar-refractivity contribution >= 4 is 17.5 Å². The molecule has 31 heavy (non-hydrogen) atoms. The van der Waals surface area contributed by atoms with Gasteiger partial charge in [0, 0.05) is 5.69 Å². The maximum absolute atomic E-state index is 12.8. The molecule has 2 amide bonds. The molecule has 2 aliphatic rings. The fraction of sp³-hybridized carbons (Fsp3) is 0.385. The predicted octanol–water partition coefficient (Wildman–Crippen LogP) is 5.48. The van der Waals surface area contributed by atoms with Gasteiger partial charge in [-0.05, 0) is 53.5 Å². The number of rotatable bonds is 5. The van der Waals surface area contributed by atoms with Gasteiger partial charge >= 0.3 is 0 Å². The van der Waals surface area contributed by atoms with Crippen molar-refractivity contribution in [1.82, 2.24) is 5.32 Å². The number of anilines is 1. The lowest BCUT2D eigenvalue weighted by atomic mass is 9.84. The Morgan fingerprint density at radius 1 is 0.968 bits per heavy atom. The van der Waals surface area contributed by atoms with E-state index in [9.17, 15) is 14.7 Å². The van der Waals surface area contributed by atoms with E-state index in [0.717, 1.165) is 5.56 Å². The van der Waals surface area contributed by atoms with E-state index < -0.39 is 17.9 Å². The van der Waals surface area contributed by atoms with E-state index in [1.807, 2.05) is 48.5 Å². The van der Waals surface area contributed by atoms with Gasteiger partial charge in [-0.2, -0.15) is 0 Å². The minimum absolute atomic E-state index is 0.228. The average molecular weight is 419 g/mol. The normalized spacial score (nSPS) is 19.6. The van der Waals surface area contributed by atoms with E-state index in [2.05, 4.69) is 24.5 Å². The summed E-state index contributed by atoms with van der Waals surface area (Å²) < 4.78 is 0. The van der Waals surface area contributed by atoms with E-state index in [1.165, 1.54) is 43.2 Å². The average Bonchev–Trinajstić information content (AvgIpc) is 3.09. The Labute approximate surface area is 183 Å². The topological polar surface area (TPSA) is 78.4 Å². The summed E-state index contributed by atoms with van der Waals surface area (Å²) in [6, 6.07) is 14.8. The number of hydrogen-bond donors (Lipinski definition) is 3. The second-order valence-corrected chi connectivity index (χ2v) is 8.90. The maximum atomic E-state index is 12.8. The number of aliphatic hydroxyl groups is 1. The molecule has 0 aromatic heterocycles. The molecule has 0 spiro atoms. The third-order valence-corrected chi connectivity index (χ3v) is 6.44. The zero-order valence-corrected chi connectivity index (χ0v) is 18.2. The van der Waals surface area contributed by atoms with E-state index in [1.54, 1.807) is 0 Å². The van der Waals surface area contributed by atoms with E-state index >= 15 is 0 Å². The number of benzene rings is 2. The van der Waals surface area contributed by atoms with Crippen LogP contribution in [0, 0.1) is 0 Å². The highest BCUT2D eigenvalue weighted by molar-refractivity contribution is 6.24. The Morgan fingerprint density at radius 2 is 1.58 bits per heavy atom. The molecule has 1 aliphatic carbocycles. The van der Waals surface area contributed by atoms with Crippen molar-refractivity contribution in [2.45, 2.75) is 63.8 Å². The standard InChI is InChI=1S/C26H30N2O3/c1-16(2)17-8-10-20(11-9-17)23-24(29)22(26(31)28-23)25(30)27-21-14-12-19(13-15-21)18-6-4-3-5-7-18/h8-16,18,23,29H,3-7H2,1-2H3,(H,27,30)(H,28,31). The van der Waals surface area contributed by atoms with Crippen molar-refractivity contribution in [3.05, 3.63) is 76.6 Å². The third kappa shape index (κ3) is 4.50. The molecule has 5 nitrogen and oxygen atoms in total. The molecule has 0 saturated heterocycles. The first-order valence-electron chi connectivity index (χ1n) is 11.2. The highest BCUT2D eigenvalue weighted by Crippen LogP contribution is 2.33. The second-order valence-electron chi connectivity index (χ2n) is 8.90. The molecule has 2 aromatic rings. The third-order valence-electron chi connectivity index (χ3n) is 6.44. The summed E-state index contributed by atoms with van der Waals surface area (Å²) in [5.74, 6) is -0.414. The minimum atomic E-state index is -0.705. The first-order valence-corrected chi connectivity index (χ1v) is 11.2. The summed E-state index contributed by atoms with van der Waals surface area (Å²) in [6.07, 6.45) is 6.28. The first-order chi connectivity index (χ1) is 14.9. The Morgan fingerprint density at radius 3 is 2.19 bits per heavy atom. The number of nitrogens with one attached hydrogen (secondary N) is 2. The van der Waals surface area contributed by atoms with Gasteiger partial charge in [0.15, 0.2) is 0 Å². The molecular weight excluding hydrogens is 388 g/mol. The van der Waals surface area contributed by atoms with Gasteiger partial charge in [-0.3, -0.25) is 9.59 Å². The molecular formula is C26H30N2O3. The summed E-state index contributed by atoms with van der Waals surface area (Å²) in [4.78, 5) is 25.2. The lowest BCUT2D eigenvalue weighted by Gasteiger charge is -2.22. The molecule has 1 atom stereocenters. The van der Waals surface area contributed by atoms with Gasteiger partial charge in [0.25, 0.3) is 11.8 Å². The molecule has 2 aromatic carbocycles. The molecule has 1 heterocycles. The number of amides is 2. The molecule has 0 radical (unpaired) electrons. The largest absolute Gasteiger partial charge is 0.509 e. The Bertz CT molecular complexity index is 984. The molecule has 5 heteroatoms. The van der Waals surface area contributed by atoms with Crippen molar-refractivity contribution < 1.29 is 14.7 Å². The smallest absolute Gasteiger partial charge is 0.264 e. The van der Waals surface area contributed by atoms with Crippen molar-refractivity contribution in [2.24, 2.45) is 0 Å². The van der Waals surface area contributed by atoms with Crippen LogP contribution in [0.4, 0.5) is 5.69 Å². The second kappa shape index (κ2) is 8.96. The van der Waals surface area contributed by atoms with Crippen LogP contribution in [0.5, 0.6) is 0 Å². The summed E-state index contributed by atoms with van der Waals surface area (Å²) >= 11 is 0. The quantitative estimate of drug-likeness (QED) is 0.563. The van der Waals surface area contributed by atoms with Gasteiger partial charge in [-0.1, -0.05) is 69.5 Å². The van der Waals surface area contributed by atoms with Crippen molar-refractivity contribution in [2.75, 3.05) is 5.32 Å². The van der Waals surface area contributed by atoms with Crippen molar-refractivity contribution in [3.8, 4) is 0 Å². The van der Waals surface area contributed by atoms with Crippen LogP contribution >= 0.6 is 0 Å². The van der Waals surface area contributed by atoms with Crippen LogP contribution in [0.25, 0.3) is 0 Å². The van der Waals surface area contributed by atoms with Crippen LogP contribution in [0.15, 0.2) is 59.9 Å². The molecule has 1 aliphatic heterocycles. The molecule has 0 bridgehead atoms. The van der Waals surface area contributed by atoms with Crippen molar-refractivity contribution in [1.29, 1.82) is 0 Å². The van der Waals surface area contributed by atoms with Crippen LogP contribution in [0.3, 0.4) is 0 Å². The Kier molecular flexibility index (Phi) is 6.12. The predicted molar refractivity (Wildman–Crippen MR) is 122 cm³/mol. The molecule has 3 N–H and O–H groups in total. The Balaban J connectivity index is 1.47. The summed E-state index contributed by atoms with van der Waals surface area (Å²) in [5, 5.41) is 16.1. The van der Waals surface area contributed by atoms with E-state index in [4.69, 9.17) is 0 Å². The van der Waals surface area contributed by atoms with Gasteiger partial charge in [-0.25, -0.2) is 0 Å². The molecule has 1 saturated carbocycles. The number of carbonyl (C=O) groups excluding carboxylic acids is 2. The van der Waals surface area contributed by atoms with Crippen LogP contribution in [0.1, 0.15) is 80.5 Å². The maximum Gasteiger partial charge on any atom is 0.264 e. The Hall–Kier alpha value is -3.08. The first kappa shape index (κ1) is 21.2. The summed E-state index contributed by atoms with van der Waals surface area (Å²) in [5.41, 5.74) is 3.60. The molecule has 162 valence electrons. The molecule has 1 unspecified atom stereocenters. The summed E-state index contributed by atoms with van der Waals surface area (Å²) in [6.45, 7) is 4.21. The minimum Gasteiger partial charge on any atom is -0.509 e. The van der Waals surface area contributed by atoms with E-state index in [0.29, 0.717) is 17.5 Å². The van der Waals surface area contributed by atoms with Crippen molar-refractivity contribution in [3.63, 3.8) is 0 Å². The van der Waals surface area contributed by atoms with Gasteiger partial charge < -0.3 is 15.7 Å². The lowest BCUT2D eigenvalue weighted by molar-refractivity contribution is -0.120. The highest BCUT2D eigenvalue weighted by Gasteiger charge is 2.37. The van der Waals surface area contributed by atoms with Gasteiger partial charge in [0.05, 0.1) is 0 Å². The zero-order valence-electron chi connectivity index (χ0n) is 18.2. The summed E-state index contributed by atoms with van der Waals surface area (Å²) in [7, 11) is 0. The number of hydrogen-bond acceptors (Lipinski definition) is 3. The van der Waals surface area contributed by atoms with Gasteiger partial charge in [0.2, 0.25) is 0 Å². The lowest BCUT2D eigenvalue weighted by Crippen LogP contribution is -2.26. The van der Waals surface area contributed by atoms with Crippen LogP contribution < -0.4 is 10.6 Å². The van der Waals surface area contributed by atoms with Crippen LogP contribution in [0.2, 0.25) is 0 Å². The number of aliphatic hydroxyl groups excluding tert-OH is 1. The van der Waals surface area contributed by atoms with Gasteiger partial charge in [0.1, 0.15) is 17.4 Å².